The van der Waals surface area contributed by atoms with E-state index in [-0.39, 0.29) is 0 Å². The van der Waals surface area contributed by atoms with Crippen LogP contribution < -0.4 is 10.6 Å². The van der Waals surface area contributed by atoms with Crippen molar-refractivity contribution < 1.29 is 0 Å². The number of benzene rings is 1. The Morgan fingerprint density at radius 2 is 2.00 bits per heavy atom. The average Bonchev–Trinajstić information content (AvgIpc) is 3.09. The van der Waals surface area contributed by atoms with Crippen molar-refractivity contribution in [1.29, 1.82) is 0 Å². The van der Waals surface area contributed by atoms with Crippen LogP contribution in [0.3, 0.4) is 0 Å². The Labute approximate surface area is 111 Å². The number of hydrogen-bond acceptors (Lipinski definition) is 2. The van der Waals surface area contributed by atoms with E-state index in [2.05, 4.69) is 55.7 Å². The first kappa shape index (κ1) is 13.4. The molecule has 0 heterocycles. The predicted octanol–water partition coefficient (Wildman–Crippen LogP) is 3.79. The molecule has 1 aromatic rings. The molecule has 100 valence electrons. The van der Waals surface area contributed by atoms with E-state index in [1.807, 2.05) is 0 Å². The van der Waals surface area contributed by atoms with Gasteiger partial charge in [0.25, 0.3) is 0 Å². The van der Waals surface area contributed by atoms with Crippen LogP contribution in [0.25, 0.3) is 0 Å². The van der Waals surface area contributed by atoms with Gasteiger partial charge in [0.15, 0.2) is 0 Å². The summed E-state index contributed by atoms with van der Waals surface area (Å²) < 4.78 is 0. The highest BCUT2D eigenvalue weighted by molar-refractivity contribution is 5.46. The lowest BCUT2D eigenvalue weighted by molar-refractivity contribution is 0.540. The third-order valence-corrected chi connectivity index (χ3v) is 3.34. The van der Waals surface area contributed by atoms with Crippen molar-refractivity contribution >= 4 is 5.69 Å². The monoisotopic (exact) mass is 246 g/mol. The lowest BCUT2D eigenvalue weighted by Gasteiger charge is -2.17. The third-order valence-electron chi connectivity index (χ3n) is 3.34. The molecule has 18 heavy (non-hydrogen) atoms. The predicted molar refractivity (Wildman–Crippen MR) is 78.8 cm³/mol. The Bertz CT molecular complexity index is 369. The zero-order valence-electron chi connectivity index (χ0n) is 11.9. The van der Waals surface area contributed by atoms with Crippen LogP contribution in [-0.4, -0.2) is 12.1 Å². The van der Waals surface area contributed by atoms with Gasteiger partial charge in [0.05, 0.1) is 0 Å². The maximum Gasteiger partial charge on any atom is 0.0345 e. The summed E-state index contributed by atoms with van der Waals surface area (Å²) in [4.78, 5) is 0. The number of hydrogen-bond donors (Lipinski definition) is 2. The first-order valence-corrected chi connectivity index (χ1v) is 7.22. The smallest absolute Gasteiger partial charge is 0.0345 e. The van der Waals surface area contributed by atoms with Gasteiger partial charge in [-0.05, 0) is 49.8 Å². The summed E-state index contributed by atoms with van der Waals surface area (Å²) >= 11 is 0. The maximum atomic E-state index is 3.59. The quantitative estimate of drug-likeness (QED) is 0.765. The highest BCUT2D eigenvalue weighted by Gasteiger charge is 2.19. The molecule has 0 amide bonds. The van der Waals surface area contributed by atoms with Gasteiger partial charge in [-0.1, -0.05) is 26.0 Å². The van der Waals surface area contributed by atoms with E-state index in [9.17, 15) is 0 Å². The van der Waals surface area contributed by atoms with Crippen molar-refractivity contribution in [3.8, 4) is 0 Å². The highest BCUT2D eigenvalue weighted by Crippen LogP contribution is 2.20. The van der Waals surface area contributed by atoms with Crippen molar-refractivity contribution in [2.75, 3.05) is 5.32 Å². The molecule has 1 aliphatic carbocycles. The van der Waals surface area contributed by atoms with E-state index >= 15 is 0 Å². The fourth-order valence-electron chi connectivity index (χ4n) is 2.37. The van der Waals surface area contributed by atoms with Crippen LogP contribution >= 0.6 is 0 Å². The van der Waals surface area contributed by atoms with E-state index in [1.165, 1.54) is 30.5 Å². The Morgan fingerprint density at radius 3 is 2.67 bits per heavy atom. The molecule has 0 saturated heterocycles. The Hall–Kier alpha value is -1.02. The molecule has 1 unspecified atom stereocenters. The van der Waals surface area contributed by atoms with Crippen LogP contribution in [-0.2, 0) is 6.54 Å². The second-order valence-corrected chi connectivity index (χ2v) is 6.03. The van der Waals surface area contributed by atoms with Crippen molar-refractivity contribution in [3.05, 3.63) is 29.8 Å². The minimum absolute atomic E-state index is 0.539. The molecule has 2 nitrogen and oxygen atoms in total. The van der Waals surface area contributed by atoms with Gasteiger partial charge in [0.1, 0.15) is 0 Å². The first-order valence-electron chi connectivity index (χ1n) is 7.22. The van der Waals surface area contributed by atoms with Gasteiger partial charge in [0.2, 0.25) is 0 Å². The SMILES string of the molecule is CC(C)CC(C)Nc1cccc(CNC2CC2)c1. The van der Waals surface area contributed by atoms with Crippen molar-refractivity contribution in [1.82, 2.24) is 5.32 Å². The molecule has 1 aliphatic rings. The molecule has 0 aliphatic heterocycles. The molecule has 2 rings (SSSR count). The van der Waals surface area contributed by atoms with E-state index < -0.39 is 0 Å². The van der Waals surface area contributed by atoms with Crippen LogP contribution in [0, 0.1) is 5.92 Å². The van der Waals surface area contributed by atoms with Crippen LogP contribution in [0.2, 0.25) is 0 Å². The molecule has 0 aromatic heterocycles. The van der Waals surface area contributed by atoms with E-state index in [1.54, 1.807) is 0 Å². The van der Waals surface area contributed by atoms with Gasteiger partial charge in [0, 0.05) is 24.3 Å². The lowest BCUT2D eigenvalue weighted by atomic mass is 10.0. The molecule has 1 saturated carbocycles. The second-order valence-electron chi connectivity index (χ2n) is 6.03. The van der Waals surface area contributed by atoms with Crippen LogP contribution in [0.1, 0.15) is 45.6 Å². The zero-order valence-corrected chi connectivity index (χ0v) is 11.9. The summed E-state index contributed by atoms with van der Waals surface area (Å²) in [6.45, 7) is 7.80. The number of rotatable bonds is 7. The normalized spacial score (nSPS) is 16.9. The minimum Gasteiger partial charge on any atom is -0.383 e. The minimum atomic E-state index is 0.539. The highest BCUT2D eigenvalue weighted by atomic mass is 14.9. The lowest BCUT2D eigenvalue weighted by Crippen LogP contribution is -2.18. The van der Waals surface area contributed by atoms with Gasteiger partial charge in [-0.15, -0.1) is 0 Å². The van der Waals surface area contributed by atoms with Gasteiger partial charge in [-0.25, -0.2) is 0 Å². The van der Waals surface area contributed by atoms with Crippen molar-refractivity contribution in [2.24, 2.45) is 5.92 Å². The number of anilines is 1. The van der Waals surface area contributed by atoms with Crippen molar-refractivity contribution in [3.63, 3.8) is 0 Å². The van der Waals surface area contributed by atoms with Gasteiger partial charge in [-0.3, -0.25) is 0 Å². The van der Waals surface area contributed by atoms with Crippen LogP contribution in [0.15, 0.2) is 24.3 Å². The van der Waals surface area contributed by atoms with Gasteiger partial charge >= 0.3 is 0 Å². The summed E-state index contributed by atoms with van der Waals surface area (Å²) in [5.74, 6) is 0.743. The summed E-state index contributed by atoms with van der Waals surface area (Å²) in [6.07, 6.45) is 3.91. The molecule has 2 N–H and O–H groups in total. The Balaban J connectivity index is 1.85. The molecule has 0 bridgehead atoms. The molecule has 0 spiro atoms. The third kappa shape index (κ3) is 4.69. The Kier molecular flexibility index (Phi) is 4.65. The topological polar surface area (TPSA) is 24.1 Å². The molecule has 1 aromatic carbocycles. The van der Waals surface area contributed by atoms with Crippen molar-refractivity contribution in [2.45, 2.75) is 58.7 Å². The van der Waals surface area contributed by atoms with E-state index in [4.69, 9.17) is 0 Å². The summed E-state index contributed by atoms with van der Waals surface area (Å²) in [5.41, 5.74) is 2.63. The van der Waals surface area contributed by atoms with Crippen LogP contribution in [0.4, 0.5) is 5.69 Å². The molecule has 1 atom stereocenters. The maximum absolute atomic E-state index is 3.59. The van der Waals surface area contributed by atoms with E-state index in [0.717, 1.165) is 18.5 Å². The molecular formula is C16H26N2. The summed E-state index contributed by atoms with van der Waals surface area (Å²) in [6, 6.07) is 10.1. The van der Waals surface area contributed by atoms with Gasteiger partial charge < -0.3 is 10.6 Å². The zero-order chi connectivity index (χ0) is 13.0. The van der Waals surface area contributed by atoms with E-state index in [0.29, 0.717) is 6.04 Å². The fourth-order valence-corrected chi connectivity index (χ4v) is 2.37. The van der Waals surface area contributed by atoms with Gasteiger partial charge in [-0.2, -0.15) is 0 Å². The standard InChI is InChI=1S/C16H26N2/c1-12(2)9-13(3)18-16-6-4-5-14(10-16)11-17-15-7-8-15/h4-6,10,12-13,15,17-18H,7-9,11H2,1-3H3. The Morgan fingerprint density at radius 1 is 1.22 bits per heavy atom. The largest absolute Gasteiger partial charge is 0.383 e. The molecular weight excluding hydrogens is 220 g/mol. The fraction of sp³-hybridized carbons (Fsp3) is 0.625. The average molecular weight is 246 g/mol. The van der Waals surface area contributed by atoms with Crippen LogP contribution in [0.5, 0.6) is 0 Å². The summed E-state index contributed by atoms with van der Waals surface area (Å²) in [5, 5.41) is 7.15. The summed E-state index contributed by atoms with van der Waals surface area (Å²) in [7, 11) is 0. The molecule has 0 radical (unpaired) electrons. The first-order chi connectivity index (χ1) is 8.63. The number of nitrogens with one attached hydrogen (secondary N) is 2. The molecule has 1 fully saturated rings. The molecule has 2 heteroatoms. The second kappa shape index (κ2) is 6.24.